The molecule has 162 valence electrons. The lowest BCUT2D eigenvalue weighted by Gasteiger charge is -2.32. The van der Waals surface area contributed by atoms with Crippen LogP contribution < -0.4 is 0 Å². The molecule has 0 spiro atoms. The molecule has 1 fully saturated rings. The van der Waals surface area contributed by atoms with Crippen molar-refractivity contribution in [3.8, 4) is 0 Å². The number of hydrogen-bond acceptors (Lipinski definition) is 7. The van der Waals surface area contributed by atoms with Crippen LogP contribution in [0.5, 0.6) is 0 Å². The van der Waals surface area contributed by atoms with Crippen molar-refractivity contribution in [2.45, 2.75) is 71.3 Å². The highest BCUT2D eigenvalue weighted by molar-refractivity contribution is 5.89. The molecule has 8 nitrogen and oxygen atoms in total. The summed E-state index contributed by atoms with van der Waals surface area (Å²) in [6.45, 7) is 9.28. The van der Waals surface area contributed by atoms with E-state index in [9.17, 15) is 14.7 Å². The number of amides is 1. The second-order valence-electron chi connectivity index (χ2n) is 7.84. The number of carbonyl (C=O) groups is 2. The third-order valence-electron chi connectivity index (χ3n) is 4.33. The monoisotopic (exact) mass is 409 g/mol. The van der Waals surface area contributed by atoms with Crippen molar-refractivity contribution in [2.75, 3.05) is 13.2 Å². The Hall–Kier alpha value is -2.16. The number of hydrogen-bond donors (Lipinski definition) is 1. The Morgan fingerprint density at radius 3 is 2.45 bits per heavy atom. The number of nitrogens with zero attached hydrogens (tertiary/aromatic N) is 1. The SMILES string of the molecule is CCOC(C)OC[C@@H]1[C@@H](OC(=O)c2ccccc2)CC(O)N1C(=O)OC(C)(C)C. The van der Waals surface area contributed by atoms with Crippen molar-refractivity contribution >= 4 is 12.1 Å². The van der Waals surface area contributed by atoms with E-state index in [1.165, 1.54) is 4.90 Å². The lowest BCUT2D eigenvalue weighted by atomic mass is 10.1. The van der Waals surface area contributed by atoms with Gasteiger partial charge in [0.25, 0.3) is 0 Å². The van der Waals surface area contributed by atoms with Gasteiger partial charge in [-0.15, -0.1) is 0 Å². The van der Waals surface area contributed by atoms with Crippen molar-refractivity contribution < 1.29 is 33.6 Å². The Kier molecular flexibility index (Phi) is 8.01. The van der Waals surface area contributed by atoms with Crippen molar-refractivity contribution in [2.24, 2.45) is 0 Å². The number of aliphatic hydroxyl groups is 1. The fraction of sp³-hybridized carbons (Fsp3) is 0.619. The largest absolute Gasteiger partial charge is 0.456 e. The van der Waals surface area contributed by atoms with Crippen LogP contribution in [0.2, 0.25) is 0 Å². The van der Waals surface area contributed by atoms with E-state index in [0.717, 1.165) is 0 Å². The Morgan fingerprint density at radius 1 is 1.21 bits per heavy atom. The highest BCUT2D eigenvalue weighted by Gasteiger charge is 2.47. The molecule has 1 aliphatic rings. The summed E-state index contributed by atoms with van der Waals surface area (Å²) >= 11 is 0. The van der Waals surface area contributed by atoms with E-state index >= 15 is 0 Å². The quantitative estimate of drug-likeness (QED) is 0.546. The predicted octanol–water partition coefficient (Wildman–Crippen LogP) is 2.94. The molecule has 0 aliphatic carbocycles. The van der Waals surface area contributed by atoms with E-state index in [0.29, 0.717) is 12.2 Å². The average Bonchev–Trinajstić information content (AvgIpc) is 2.94. The molecule has 1 aromatic carbocycles. The minimum absolute atomic E-state index is 0.0181. The van der Waals surface area contributed by atoms with Crippen LogP contribution in [-0.2, 0) is 18.9 Å². The van der Waals surface area contributed by atoms with Crippen LogP contribution in [0.3, 0.4) is 0 Å². The first kappa shape index (κ1) is 23.1. The maximum Gasteiger partial charge on any atom is 0.412 e. The average molecular weight is 409 g/mol. The maximum atomic E-state index is 12.7. The Morgan fingerprint density at radius 2 is 1.86 bits per heavy atom. The molecule has 0 bridgehead atoms. The number of rotatable bonds is 7. The van der Waals surface area contributed by atoms with Gasteiger partial charge >= 0.3 is 12.1 Å². The first-order chi connectivity index (χ1) is 13.6. The summed E-state index contributed by atoms with van der Waals surface area (Å²) < 4.78 is 22.1. The van der Waals surface area contributed by atoms with Crippen LogP contribution >= 0.6 is 0 Å². The van der Waals surface area contributed by atoms with Gasteiger partial charge in [-0.1, -0.05) is 18.2 Å². The van der Waals surface area contributed by atoms with Crippen molar-refractivity contribution in [3.05, 3.63) is 35.9 Å². The summed E-state index contributed by atoms with van der Waals surface area (Å²) in [6.07, 6.45) is -3.05. The third-order valence-corrected chi connectivity index (χ3v) is 4.33. The molecule has 0 aromatic heterocycles. The smallest absolute Gasteiger partial charge is 0.412 e. The maximum absolute atomic E-state index is 12.7. The summed E-state index contributed by atoms with van der Waals surface area (Å²) in [5.41, 5.74) is -0.348. The second kappa shape index (κ2) is 10.0. The van der Waals surface area contributed by atoms with E-state index in [2.05, 4.69) is 0 Å². The number of benzene rings is 1. The summed E-state index contributed by atoms with van der Waals surface area (Å²) in [6, 6.07) is 7.83. The van der Waals surface area contributed by atoms with Crippen LogP contribution in [0, 0.1) is 0 Å². The van der Waals surface area contributed by atoms with E-state index in [1.54, 1.807) is 58.0 Å². The van der Waals surface area contributed by atoms with Gasteiger partial charge in [0.1, 0.15) is 17.9 Å². The molecular formula is C21H31NO7. The molecule has 4 atom stereocenters. The molecule has 2 unspecified atom stereocenters. The van der Waals surface area contributed by atoms with Crippen LogP contribution in [0.15, 0.2) is 30.3 Å². The van der Waals surface area contributed by atoms with Crippen molar-refractivity contribution in [3.63, 3.8) is 0 Å². The molecule has 0 saturated carbocycles. The van der Waals surface area contributed by atoms with Gasteiger partial charge in [-0.05, 0) is 46.8 Å². The molecule has 1 heterocycles. The minimum Gasteiger partial charge on any atom is -0.456 e. The topological polar surface area (TPSA) is 94.5 Å². The molecule has 29 heavy (non-hydrogen) atoms. The first-order valence-electron chi connectivity index (χ1n) is 9.81. The predicted molar refractivity (Wildman–Crippen MR) is 105 cm³/mol. The summed E-state index contributed by atoms with van der Waals surface area (Å²) in [5, 5.41) is 10.5. The van der Waals surface area contributed by atoms with Gasteiger partial charge in [0.2, 0.25) is 0 Å². The highest BCUT2D eigenvalue weighted by Crippen LogP contribution is 2.29. The molecule has 1 N–H and O–H groups in total. The summed E-state index contributed by atoms with van der Waals surface area (Å²) in [4.78, 5) is 26.3. The van der Waals surface area contributed by atoms with Gasteiger partial charge in [0.15, 0.2) is 6.29 Å². The highest BCUT2D eigenvalue weighted by atomic mass is 16.7. The number of carbonyl (C=O) groups excluding carboxylic acids is 2. The molecule has 0 radical (unpaired) electrons. The molecule has 8 heteroatoms. The third kappa shape index (κ3) is 6.69. The number of ether oxygens (including phenoxy) is 4. The molecule has 1 amide bonds. The van der Waals surface area contributed by atoms with Gasteiger partial charge < -0.3 is 24.1 Å². The Balaban J connectivity index is 2.17. The molecule has 1 aliphatic heterocycles. The lowest BCUT2D eigenvalue weighted by molar-refractivity contribution is -0.144. The summed E-state index contributed by atoms with van der Waals surface area (Å²) in [5.74, 6) is -0.531. The zero-order chi connectivity index (χ0) is 21.6. The summed E-state index contributed by atoms with van der Waals surface area (Å²) in [7, 11) is 0. The van der Waals surface area contributed by atoms with Gasteiger partial charge in [-0.2, -0.15) is 0 Å². The standard InChI is InChI=1S/C21H31NO7/c1-6-26-14(2)27-13-16-17(28-19(24)15-10-8-7-9-11-15)12-18(23)22(16)20(25)29-21(3,4)5/h7-11,14,16-18,23H,6,12-13H2,1-5H3/t14?,16-,17+,18?/m1/s1. The van der Waals surface area contributed by atoms with Crippen LogP contribution in [-0.4, -0.2) is 65.5 Å². The van der Waals surface area contributed by atoms with Crippen LogP contribution in [0.25, 0.3) is 0 Å². The second-order valence-corrected chi connectivity index (χ2v) is 7.84. The molecule has 1 aromatic rings. The zero-order valence-corrected chi connectivity index (χ0v) is 17.7. The number of esters is 1. The molecule has 1 saturated heterocycles. The van der Waals surface area contributed by atoms with Crippen LogP contribution in [0.4, 0.5) is 4.79 Å². The van der Waals surface area contributed by atoms with Crippen molar-refractivity contribution in [1.82, 2.24) is 4.90 Å². The van der Waals surface area contributed by atoms with Gasteiger partial charge in [-0.25, -0.2) is 9.59 Å². The van der Waals surface area contributed by atoms with Gasteiger partial charge in [0.05, 0.1) is 18.2 Å². The van der Waals surface area contributed by atoms with Gasteiger partial charge in [-0.3, -0.25) is 4.90 Å². The fourth-order valence-electron chi connectivity index (χ4n) is 3.06. The molecular weight excluding hydrogens is 378 g/mol. The van der Waals surface area contributed by atoms with E-state index in [4.69, 9.17) is 18.9 Å². The Labute approximate surface area is 171 Å². The van der Waals surface area contributed by atoms with Gasteiger partial charge in [0, 0.05) is 13.0 Å². The number of likely N-dealkylation sites (tertiary alicyclic amines) is 1. The van der Waals surface area contributed by atoms with E-state index in [-0.39, 0.29) is 13.0 Å². The normalized spacial score (nSPS) is 23.0. The minimum atomic E-state index is -1.16. The van der Waals surface area contributed by atoms with E-state index in [1.807, 2.05) is 6.92 Å². The zero-order valence-electron chi connectivity index (χ0n) is 17.7. The fourth-order valence-corrected chi connectivity index (χ4v) is 3.06. The van der Waals surface area contributed by atoms with Crippen molar-refractivity contribution in [1.29, 1.82) is 0 Å². The van der Waals surface area contributed by atoms with Crippen LogP contribution in [0.1, 0.15) is 51.4 Å². The molecule has 2 rings (SSSR count). The number of aliphatic hydroxyl groups excluding tert-OH is 1. The Bertz CT molecular complexity index is 673. The van der Waals surface area contributed by atoms with E-state index < -0.39 is 42.3 Å². The lowest BCUT2D eigenvalue weighted by Crippen LogP contribution is -2.49. The first-order valence-corrected chi connectivity index (χ1v) is 9.81.